The summed E-state index contributed by atoms with van der Waals surface area (Å²) in [4.78, 5) is 4.78. The summed E-state index contributed by atoms with van der Waals surface area (Å²) in [6.45, 7) is 4.52. The van der Waals surface area contributed by atoms with Crippen molar-refractivity contribution >= 4 is 15.9 Å². The summed E-state index contributed by atoms with van der Waals surface area (Å²) in [5.41, 5.74) is 1.000. The van der Waals surface area contributed by atoms with Gasteiger partial charge in [-0.1, -0.05) is 34.1 Å². The maximum Gasteiger partial charge on any atom is 0.0813 e. The number of hydrogen-bond donors (Lipinski definition) is 1. The van der Waals surface area contributed by atoms with Gasteiger partial charge in [-0.15, -0.1) is 0 Å². The molecule has 1 aliphatic heterocycles. The molecule has 0 aliphatic carbocycles. The highest BCUT2D eigenvalue weighted by molar-refractivity contribution is 9.10. The molecule has 0 bridgehead atoms. The van der Waals surface area contributed by atoms with E-state index in [1.165, 1.54) is 32.5 Å². The predicted octanol–water partition coefficient (Wildman–Crippen LogP) is 3.15. The molecule has 0 spiro atoms. The molecule has 4 heteroatoms. The SMILES string of the molecule is CN(C)CC1CCN(CCC(O)c2ccccc2Br)CC1. The summed E-state index contributed by atoms with van der Waals surface area (Å²) in [6.07, 6.45) is 2.99. The molecule has 1 heterocycles. The fraction of sp³-hybridized carbons (Fsp3) is 0.647. The second-order valence-corrected chi connectivity index (χ2v) is 7.23. The minimum absolute atomic E-state index is 0.375. The maximum atomic E-state index is 10.3. The van der Waals surface area contributed by atoms with Gasteiger partial charge in [-0.3, -0.25) is 0 Å². The van der Waals surface area contributed by atoms with Gasteiger partial charge in [0.05, 0.1) is 6.10 Å². The third kappa shape index (κ3) is 5.37. The highest BCUT2D eigenvalue weighted by Crippen LogP contribution is 2.26. The van der Waals surface area contributed by atoms with Crippen LogP contribution in [0.3, 0.4) is 0 Å². The molecular formula is C17H27BrN2O. The van der Waals surface area contributed by atoms with Gasteiger partial charge in [0.1, 0.15) is 0 Å². The lowest BCUT2D eigenvalue weighted by Crippen LogP contribution is -2.37. The lowest BCUT2D eigenvalue weighted by Gasteiger charge is -2.33. The fourth-order valence-electron chi connectivity index (χ4n) is 3.11. The number of rotatable bonds is 6. The number of nitrogens with zero attached hydrogens (tertiary/aromatic N) is 2. The molecule has 1 aromatic carbocycles. The van der Waals surface area contributed by atoms with Gasteiger partial charge < -0.3 is 14.9 Å². The van der Waals surface area contributed by atoms with Crippen molar-refractivity contribution in [1.29, 1.82) is 0 Å². The summed E-state index contributed by atoms with van der Waals surface area (Å²) in [7, 11) is 4.31. The molecule has 0 aromatic heterocycles. The van der Waals surface area contributed by atoms with Crippen LogP contribution < -0.4 is 0 Å². The van der Waals surface area contributed by atoms with Crippen LogP contribution in [0.5, 0.6) is 0 Å². The van der Waals surface area contributed by atoms with Crippen LogP contribution in [-0.4, -0.2) is 55.2 Å². The molecule has 3 nitrogen and oxygen atoms in total. The Morgan fingerprint density at radius 3 is 2.57 bits per heavy atom. The number of piperidine rings is 1. The predicted molar refractivity (Wildman–Crippen MR) is 91.4 cm³/mol. The van der Waals surface area contributed by atoms with Gasteiger partial charge in [0, 0.05) is 17.6 Å². The van der Waals surface area contributed by atoms with Crippen LogP contribution in [0.1, 0.15) is 30.9 Å². The largest absolute Gasteiger partial charge is 0.388 e. The van der Waals surface area contributed by atoms with E-state index >= 15 is 0 Å². The highest BCUT2D eigenvalue weighted by atomic mass is 79.9. The van der Waals surface area contributed by atoms with Gasteiger partial charge in [0.2, 0.25) is 0 Å². The summed E-state index contributed by atoms with van der Waals surface area (Å²) in [5.74, 6) is 0.837. The molecule has 1 N–H and O–H groups in total. The van der Waals surface area contributed by atoms with Crippen LogP contribution in [0, 0.1) is 5.92 Å². The summed E-state index contributed by atoms with van der Waals surface area (Å²) in [5, 5.41) is 10.3. The van der Waals surface area contributed by atoms with Crippen molar-refractivity contribution in [3.8, 4) is 0 Å². The van der Waals surface area contributed by atoms with E-state index in [-0.39, 0.29) is 6.10 Å². The summed E-state index contributed by atoms with van der Waals surface area (Å²) >= 11 is 3.52. The van der Waals surface area contributed by atoms with Crippen molar-refractivity contribution in [1.82, 2.24) is 9.80 Å². The van der Waals surface area contributed by atoms with Crippen molar-refractivity contribution in [2.75, 3.05) is 40.3 Å². The van der Waals surface area contributed by atoms with Crippen molar-refractivity contribution in [3.05, 3.63) is 34.3 Å². The average molecular weight is 355 g/mol. The summed E-state index contributed by atoms with van der Waals surface area (Å²) < 4.78 is 1.00. The number of hydrogen-bond acceptors (Lipinski definition) is 3. The number of aliphatic hydroxyl groups excluding tert-OH is 1. The van der Waals surface area contributed by atoms with Gasteiger partial charge >= 0.3 is 0 Å². The first-order chi connectivity index (χ1) is 10.1. The van der Waals surface area contributed by atoms with Crippen LogP contribution in [0.4, 0.5) is 0 Å². The van der Waals surface area contributed by atoms with Gasteiger partial charge in [-0.2, -0.15) is 0 Å². The zero-order chi connectivity index (χ0) is 15.2. The van der Waals surface area contributed by atoms with Crippen LogP contribution in [0.2, 0.25) is 0 Å². The normalized spacial score (nSPS) is 19.1. The number of aliphatic hydroxyl groups is 1. The van der Waals surface area contributed by atoms with E-state index in [0.29, 0.717) is 0 Å². The molecule has 1 atom stereocenters. The van der Waals surface area contributed by atoms with Gasteiger partial charge in [0.25, 0.3) is 0 Å². The molecule has 0 amide bonds. The van der Waals surface area contributed by atoms with Crippen LogP contribution in [-0.2, 0) is 0 Å². The molecule has 1 aliphatic rings. The standard InChI is InChI=1S/C17H27BrN2O/c1-19(2)13-14-7-10-20(11-8-14)12-9-17(21)15-5-3-4-6-16(15)18/h3-6,14,17,21H,7-13H2,1-2H3. The van der Waals surface area contributed by atoms with E-state index in [4.69, 9.17) is 0 Å². The zero-order valence-electron chi connectivity index (χ0n) is 13.1. The molecule has 118 valence electrons. The molecule has 0 saturated carbocycles. The van der Waals surface area contributed by atoms with Crippen molar-refractivity contribution in [3.63, 3.8) is 0 Å². The van der Waals surface area contributed by atoms with Crippen molar-refractivity contribution in [2.24, 2.45) is 5.92 Å². The van der Waals surface area contributed by atoms with Crippen molar-refractivity contribution in [2.45, 2.75) is 25.4 Å². The highest BCUT2D eigenvalue weighted by Gasteiger charge is 2.20. The minimum Gasteiger partial charge on any atom is -0.388 e. The van der Waals surface area contributed by atoms with E-state index < -0.39 is 0 Å². The van der Waals surface area contributed by atoms with Gasteiger partial charge in [0.15, 0.2) is 0 Å². The number of halogens is 1. The third-order valence-electron chi connectivity index (χ3n) is 4.31. The average Bonchev–Trinajstić information content (AvgIpc) is 2.46. The van der Waals surface area contributed by atoms with Crippen molar-refractivity contribution < 1.29 is 5.11 Å². The van der Waals surface area contributed by atoms with Crippen LogP contribution in [0.15, 0.2) is 28.7 Å². The molecule has 0 radical (unpaired) electrons. The van der Waals surface area contributed by atoms with E-state index in [2.05, 4.69) is 39.8 Å². The van der Waals surface area contributed by atoms with Crippen LogP contribution in [0.25, 0.3) is 0 Å². The molecule has 1 fully saturated rings. The Morgan fingerprint density at radius 2 is 1.95 bits per heavy atom. The Kier molecular flexibility index (Phi) is 6.68. The Morgan fingerprint density at radius 1 is 1.29 bits per heavy atom. The molecule has 2 rings (SSSR count). The topological polar surface area (TPSA) is 26.7 Å². The van der Waals surface area contributed by atoms with E-state index in [1.807, 2.05) is 24.3 Å². The van der Waals surface area contributed by atoms with E-state index in [1.54, 1.807) is 0 Å². The smallest absolute Gasteiger partial charge is 0.0813 e. The molecule has 21 heavy (non-hydrogen) atoms. The lowest BCUT2D eigenvalue weighted by molar-refractivity contribution is 0.117. The molecule has 1 aromatic rings. The van der Waals surface area contributed by atoms with Crippen LogP contribution >= 0.6 is 15.9 Å². The fourth-order valence-corrected chi connectivity index (χ4v) is 3.66. The first-order valence-corrected chi connectivity index (χ1v) is 8.65. The molecule has 1 saturated heterocycles. The Labute approximate surface area is 137 Å². The second kappa shape index (κ2) is 8.28. The van der Waals surface area contributed by atoms with Gasteiger partial charge in [-0.25, -0.2) is 0 Å². The van der Waals surface area contributed by atoms with Gasteiger partial charge in [-0.05, 0) is 64.0 Å². The monoisotopic (exact) mass is 354 g/mol. The Bertz CT molecular complexity index is 431. The number of benzene rings is 1. The lowest BCUT2D eigenvalue weighted by atomic mass is 9.96. The van der Waals surface area contributed by atoms with E-state index in [9.17, 15) is 5.11 Å². The third-order valence-corrected chi connectivity index (χ3v) is 5.04. The van der Waals surface area contributed by atoms with E-state index in [0.717, 1.165) is 28.9 Å². The first kappa shape index (κ1) is 16.9. The Hall–Kier alpha value is -0.420. The number of likely N-dealkylation sites (tertiary alicyclic amines) is 1. The molecular weight excluding hydrogens is 328 g/mol. The maximum absolute atomic E-state index is 10.3. The zero-order valence-corrected chi connectivity index (χ0v) is 14.7. The second-order valence-electron chi connectivity index (χ2n) is 6.37. The quantitative estimate of drug-likeness (QED) is 0.849. The minimum atomic E-state index is -0.375. The Balaban J connectivity index is 1.73. The molecule has 1 unspecified atom stereocenters. The first-order valence-electron chi connectivity index (χ1n) is 7.86. The summed E-state index contributed by atoms with van der Waals surface area (Å²) in [6, 6.07) is 7.95.